The van der Waals surface area contributed by atoms with Gasteiger partial charge in [-0.1, -0.05) is 251 Å². The minimum atomic E-state index is -0.839. The zero-order valence-electron chi connectivity index (χ0n) is 42.1. The predicted molar refractivity (Wildman–Crippen MR) is 283 cm³/mol. The van der Waals surface area contributed by atoms with Crippen LogP contribution in [0.4, 0.5) is 0 Å². The highest BCUT2D eigenvalue weighted by Crippen LogP contribution is 2.14. The average molecular weight is 911 g/mol. The third-order valence-electron chi connectivity index (χ3n) is 10.6. The molecule has 1 atom stereocenters. The van der Waals surface area contributed by atoms with Gasteiger partial charge in [0.1, 0.15) is 13.2 Å². The summed E-state index contributed by atoms with van der Waals surface area (Å²) in [6.45, 7) is 6.27. The molecule has 0 radical (unpaired) electrons. The smallest absolute Gasteiger partial charge is 0.306 e. The van der Waals surface area contributed by atoms with Gasteiger partial charge in [-0.2, -0.15) is 0 Å². The minimum absolute atomic E-state index is 0.125. The minimum Gasteiger partial charge on any atom is -0.462 e. The summed E-state index contributed by atoms with van der Waals surface area (Å²) in [5, 5.41) is 0. The Balaban J connectivity index is 4.60. The Morgan fingerprint density at radius 2 is 0.697 bits per heavy atom. The Kier molecular flexibility index (Phi) is 49.6. The van der Waals surface area contributed by atoms with Crippen molar-refractivity contribution in [3.63, 3.8) is 0 Å². The number of carbonyl (C=O) groups excluding carboxylic acids is 3. The summed E-state index contributed by atoms with van der Waals surface area (Å²) in [5.74, 6) is -1.06. The van der Waals surface area contributed by atoms with Gasteiger partial charge < -0.3 is 14.2 Å². The Morgan fingerprint density at radius 1 is 0.333 bits per heavy atom. The van der Waals surface area contributed by atoms with E-state index in [-0.39, 0.29) is 38.0 Å². The summed E-state index contributed by atoms with van der Waals surface area (Å²) in [6.07, 6.45) is 74.4. The van der Waals surface area contributed by atoms with E-state index >= 15 is 0 Å². The molecule has 0 N–H and O–H groups in total. The van der Waals surface area contributed by atoms with E-state index in [9.17, 15) is 14.4 Å². The molecule has 0 aliphatic heterocycles. The molecule has 0 heterocycles. The molecule has 0 aliphatic rings. The van der Waals surface area contributed by atoms with Gasteiger partial charge in [0.25, 0.3) is 0 Å². The number of hydrogen-bond donors (Lipinski definition) is 0. The van der Waals surface area contributed by atoms with Crippen LogP contribution in [-0.4, -0.2) is 37.2 Å². The van der Waals surface area contributed by atoms with E-state index in [1.165, 1.54) is 77.0 Å². The van der Waals surface area contributed by atoms with Crippen LogP contribution in [0.1, 0.15) is 207 Å². The fourth-order valence-electron chi connectivity index (χ4n) is 6.70. The van der Waals surface area contributed by atoms with Crippen molar-refractivity contribution in [2.45, 2.75) is 213 Å². The van der Waals surface area contributed by atoms with Gasteiger partial charge in [-0.05, 0) is 70.6 Å². The summed E-state index contributed by atoms with van der Waals surface area (Å²) in [6, 6.07) is 0. The van der Waals surface area contributed by atoms with Gasteiger partial charge in [0, 0.05) is 19.3 Å². The molecule has 0 aromatic heterocycles. The van der Waals surface area contributed by atoms with Crippen molar-refractivity contribution in [2.24, 2.45) is 0 Å². The van der Waals surface area contributed by atoms with Crippen molar-refractivity contribution in [1.82, 2.24) is 0 Å². The maximum atomic E-state index is 12.8. The molecule has 6 heteroatoms. The van der Waals surface area contributed by atoms with Crippen LogP contribution in [0, 0.1) is 0 Å². The normalized spacial score (nSPS) is 13.2. The maximum Gasteiger partial charge on any atom is 0.306 e. The fourth-order valence-corrected chi connectivity index (χ4v) is 6.70. The lowest BCUT2D eigenvalue weighted by Crippen LogP contribution is -2.30. The Labute approximate surface area is 405 Å². The van der Waals surface area contributed by atoms with E-state index in [4.69, 9.17) is 14.2 Å². The largest absolute Gasteiger partial charge is 0.462 e. The van der Waals surface area contributed by atoms with Gasteiger partial charge in [0.05, 0.1) is 0 Å². The molecule has 0 saturated carbocycles. The standard InChI is InChI=1S/C60H94O6/c1-4-7-10-13-16-19-22-25-28-30-33-35-38-41-44-47-50-53-59(62)65-56-57(55-64-58(61)52-49-46-43-40-37-34-31-27-24-21-18-15-12-9-6-3)66-60(63)54-51-48-45-42-39-36-32-29-26-23-20-17-14-11-8-5-2/h7-8,10-11,13,16-17,19-20,22,25-26,28-30,33,35-36,38-39,45,48,57H,4-6,9,12,14-15,18,21,23-24,27,31-32,34,37,40-44,46-47,49-56H2,1-3H3/b10-7-,11-8-,16-13-,20-17-,22-19-,28-25-,29-26-,33-30+,38-35-,39-36-,48-45-. The van der Waals surface area contributed by atoms with Crippen molar-refractivity contribution in [3.8, 4) is 0 Å². The second-order valence-electron chi connectivity index (χ2n) is 16.8. The van der Waals surface area contributed by atoms with Crippen molar-refractivity contribution >= 4 is 17.9 Å². The SMILES string of the molecule is CC\C=C/C=C\C=C/C=C\C=C\C=C/CCCCCC(=O)OCC(COC(=O)CCCCCCCCCCCCCCCCC)OC(=O)CC/C=C\C/C=C\C/C=C\C/C=C\C/C=C\CC. The summed E-state index contributed by atoms with van der Waals surface area (Å²) >= 11 is 0. The average Bonchev–Trinajstić information content (AvgIpc) is 3.31. The van der Waals surface area contributed by atoms with Crippen molar-refractivity contribution < 1.29 is 28.6 Å². The topological polar surface area (TPSA) is 78.9 Å². The maximum absolute atomic E-state index is 12.8. The molecule has 0 amide bonds. The lowest BCUT2D eigenvalue weighted by atomic mass is 10.0. The van der Waals surface area contributed by atoms with Crippen LogP contribution in [0.15, 0.2) is 134 Å². The second-order valence-corrected chi connectivity index (χ2v) is 16.8. The summed E-state index contributed by atoms with van der Waals surface area (Å²) in [4.78, 5) is 38.0. The van der Waals surface area contributed by atoms with Gasteiger partial charge in [-0.15, -0.1) is 0 Å². The highest BCUT2D eigenvalue weighted by molar-refractivity contribution is 5.71. The molecule has 0 aromatic carbocycles. The number of esters is 3. The zero-order valence-corrected chi connectivity index (χ0v) is 42.1. The molecule has 0 bridgehead atoms. The first kappa shape index (κ1) is 61.5. The van der Waals surface area contributed by atoms with Crippen LogP contribution < -0.4 is 0 Å². The van der Waals surface area contributed by atoms with E-state index in [1.807, 2.05) is 72.9 Å². The molecule has 0 aromatic rings. The third-order valence-corrected chi connectivity index (χ3v) is 10.6. The molecule has 66 heavy (non-hydrogen) atoms. The highest BCUT2D eigenvalue weighted by atomic mass is 16.6. The Morgan fingerprint density at radius 3 is 1.14 bits per heavy atom. The summed E-state index contributed by atoms with van der Waals surface area (Å²) in [7, 11) is 0. The van der Waals surface area contributed by atoms with E-state index in [2.05, 4.69) is 81.5 Å². The number of ether oxygens (including phenoxy) is 3. The van der Waals surface area contributed by atoms with Crippen molar-refractivity contribution in [2.75, 3.05) is 13.2 Å². The molecule has 1 unspecified atom stereocenters. The number of allylic oxidation sites excluding steroid dienone is 22. The van der Waals surface area contributed by atoms with E-state index < -0.39 is 12.1 Å². The molecular formula is C60H94O6. The van der Waals surface area contributed by atoms with Crippen LogP contribution in [0.2, 0.25) is 0 Å². The molecule has 0 rings (SSSR count). The molecule has 0 saturated heterocycles. The number of unbranched alkanes of at least 4 members (excludes halogenated alkanes) is 17. The fraction of sp³-hybridized carbons (Fsp3) is 0.583. The van der Waals surface area contributed by atoms with Crippen LogP contribution >= 0.6 is 0 Å². The first-order valence-electron chi connectivity index (χ1n) is 26.3. The van der Waals surface area contributed by atoms with Crippen LogP contribution in [0.5, 0.6) is 0 Å². The second kappa shape index (κ2) is 53.2. The Hall–Kier alpha value is -4.45. The molecule has 0 fully saturated rings. The number of rotatable bonds is 45. The lowest BCUT2D eigenvalue weighted by molar-refractivity contribution is -0.166. The Bertz CT molecular complexity index is 1460. The first-order chi connectivity index (χ1) is 32.5. The zero-order chi connectivity index (χ0) is 47.9. The van der Waals surface area contributed by atoms with Crippen molar-refractivity contribution in [1.29, 1.82) is 0 Å². The molecule has 6 nitrogen and oxygen atoms in total. The van der Waals surface area contributed by atoms with Crippen molar-refractivity contribution in [3.05, 3.63) is 134 Å². The third kappa shape index (κ3) is 50.5. The van der Waals surface area contributed by atoms with E-state index in [0.29, 0.717) is 19.3 Å². The quantitative estimate of drug-likeness (QED) is 0.0199. The predicted octanol–water partition coefficient (Wildman–Crippen LogP) is 17.5. The number of carbonyl (C=O) groups is 3. The monoisotopic (exact) mass is 911 g/mol. The van der Waals surface area contributed by atoms with Gasteiger partial charge >= 0.3 is 17.9 Å². The summed E-state index contributed by atoms with van der Waals surface area (Å²) < 4.78 is 16.7. The lowest BCUT2D eigenvalue weighted by Gasteiger charge is -2.18. The van der Waals surface area contributed by atoms with Gasteiger partial charge in [-0.25, -0.2) is 0 Å². The molecule has 370 valence electrons. The van der Waals surface area contributed by atoms with E-state index in [0.717, 1.165) is 77.0 Å². The van der Waals surface area contributed by atoms with Crippen LogP contribution in [0.25, 0.3) is 0 Å². The van der Waals surface area contributed by atoms with Gasteiger partial charge in [-0.3, -0.25) is 14.4 Å². The van der Waals surface area contributed by atoms with Crippen LogP contribution in [0.3, 0.4) is 0 Å². The molecule has 0 spiro atoms. The highest BCUT2D eigenvalue weighted by Gasteiger charge is 2.19. The first-order valence-corrected chi connectivity index (χ1v) is 26.3. The van der Waals surface area contributed by atoms with E-state index in [1.54, 1.807) is 0 Å². The number of hydrogen-bond acceptors (Lipinski definition) is 6. The molecular weight excluding hydrogens is 817 g/mol. The molecule has 0 aliphatic carbocycles. The summed E-state index contributed by atoms with van der Waals surface area (Å²) in [5.41, 5.74) is 0. The van der Waals surface area contributed by atoms with Crippen LogP contribution in [-0.2, 0) is 28.6 Å². The van der Waals surface area contributed by atoms with Gasteiger partial charge in [0.15, 0.2) is 6.10 Å². The van der Waals surface area contributed by atoms with Gasteiger partial charge in [0.2, 0.25) is 0 Å².